The van der Waals surface area contributed by atoms with Crippen molar-refractivity contribution in [3.05, 3.63) is 327 Å². The first-order chi connectivity index (χ1) is 48.4. The van der Waals surface area contributed by atoms with Gasteiger partial charge in [0.1, 0.15) is 35.2 Å². The summed E-state index contributed by atoms with van der Waals surface area (Å²) in [6.45, 7) is 30.8. The molecular weight excluding hydrogens is 1220 g/mol. The molecular formula is C96H102N5+5. The number of aromatic nitrogens is 5. The molecule has 0 saturated carbocycles. The maximum atomic E-state index is 2.35. The van der Waals surface area contributed by atoms with Crippen LogP contribution in [0.3, 0.4) is 0 Å². The van der Waals surface area contributed by atoms with E-state index in [1.165, 1.54) is 183 Å². The molecule has 0 aliphatic carbocycles. The molecule has 15 rings (SSSR count). The smallest absolute Gasteiger partial charge is 0.200 e. The van der Waals surface area contributed by atoms with E-state index in [-0.39, 0.29) is 0 Å². The van der Waals surface area contributed by atoms with Crippen molar-refractivity contribution < 1.29 is 22.8 Å². The molecule has 0 bridgehead atoms. The van der Waals surface area contributed by atoms with E-state index in [0.29, 0.717) is 5.92 Å². The highest BCUT2D eigenvalue weighted by Gasteiger charge is 2.22. The Labute approximate surface area is 601 Å². The monoisotopic (exact) mass is 1320 g/mol. The van der Waals surface area contributed by atoms with E-state index in [9.17, 15) is 0 Å². The van der Waals surface area contributed by atoms with Crippen molar-refractivity contribution in [1.82, 2.24) is 0 Å². The molecule has 0 spiro atoms. The number of para-hydroxylation sites is 3. The normalized spacial score (nSPS) is 11.0. The second-order valence-electron chi connectivity index (χ2n) is 28.5. The fraction of sp³-hybridized carbons (Fsp3) is 0.219. The van der Waals surface area contributed by atoms with Gasteiger partial charge in [0.25, 0.3) is 0 Å². The predicted molar refractivity (Wildman–Crippen MR) is 428 cm³/mol. The van der Waals surface area contributed by atoms with Crippen LogP contribution in [0.2, 0.25) is 0 Å². The van der Waals surface area contributed by atoms with Crippen molar-refractivity contribution >= 4 is 54.4 Å². The molecule has 0 saturated heterocycles. The third-order valence-corrected chi connectivity index (χ3v) is 20.5. The topological polar surface area (TPSA) is 19.4 Å². The zero-order valence-electron chi connectivity index (χ0n) is 63.3. The van der Waals surface area contributed by atoms with Gasteiger partial charge in [-0.3, -0.25) is 0 Å². The Balaban J connectivity index is 0.000000127. The predicted octanol–water partition coefficient (Wildman–Crippen LogP) is 21.6. The summed E-state index contributed by atoms with van der Waals surface area (Å²) in [5.74, 6) is 0.669. The van der Waals surface area contributed by atoms with Gasteiger partial charge in [-0.05, 0) is 230 Å². The summed E-state index contributed by atoms with van der Waals surface area (Å²) >= 11 is 0. The standard InChI is InChI=1S/C23H28N.2C19H20N.C18H18N.C17H16N/c1-15(2)12-19-8-7-9-22-20(19)10-11-23(24(22)6)21-14-16(3)13-17(4)18(21)5;1-13-9-14(2)15(3)18(10-13)19-11-16-7-5-6-8-17(16)12-20(19)4;1-13-11-14(2)15(3)17(12-13)19-10-9-16-7-5-6-8-18(16)20(19)4;1-13-8-10-16(14(2)12-13)18-11-9-15-6-4-5-7-17(15)19(18)3;1-13-7-3-5-9-15(13)17-12-11-14-8-4-6-10-16(14)18(17)2/h7-11,13-15H,12H2,1-6H3;2*5-12H,1-4H3;4-12H,1-3H3;3-12H,1-2H3/q5*+1. The highest BCUT2D eigenvalue weighted by atomic mass is 15.0. The molecule has 5 aromatic heterocycles. The second kappa shape index (κ2) is 31.2. The molecule has 0 unspecified atom stereocenters. The van der Waals surface area contributed by atoms with Crippen molar-refractivity contribution in [3.8, 4) is 56.3 Å². The molecule has 0 aliphatic heterocycles. The molecule has 506 valence electrons. The van der Waals surface area contributed by atoms with E-state index in [2.05, 4.69) is 410 Å². The first kappa shape index (κ1) is 71.5. The zero-order valence-corrected chi connectivity index (χ0v) is 63.3. The third kappa shape index (κ3) is 15.8. The van der Waals surface area contributed by atoms with Gasteiger partial charge in [0.2, 0.25) is 50.5 Å². The van der Waals surface area contributed by atoms with E-state index >= 15 is 0 Å². The number of pyridine rings is 5. The lowest BCUT2D eigenvalue weighted by molar-refractivity contribution is -0.659. The van der Waals surface area contributed by atoms with Gasteiger partial charge in [-0.25, -0.2) is 4.57 Å². The van der Waals surface area contributed by atoms with Crippen LogP contribution in [-0.4, -0.2) is 0 Å². The number of fused-ring (bicyclic) bond motifs is 5. The van der Waals surface area contributed by atoms with Crippen molar-refractivity contribution in [2.75, 3.05) is 0 Å². The number of nitrogens with zero attached hydrogens (tertiary/aromatic N) is 5. The lowest BCUT2D eigenvalue weighted by atomic mass is 9.95. The van der Waals surface area contributed by atoms with Crippen LogP contribution >= 0.6 is 0 Å². The van der Waals surface area contributed by atoms with Crippen LogP contribution in [0.15, 0.2) is 255 Å². The van der Waals surface area contributed by atoms with Crippen molar-refractivity contribution in [3.63, 3.8) is 0 Å². The highest BCUT2D eigenvalue weighted by molar-refractivity contribution is 5.85. The molecule has 5 nitrogen and oxygen atoms in total. The SMILES string of the molecule is Cc1cc(C)c(C)c(-c2cc3ccccc3c[n+]2C)c1.Cc1cc(C)c(C)c(-c2ccc3c(CC(C)C)cccc3[n+]2C)c1.Cc1cc(C)c(C)c(-c2ccc3ccccc3[n+]2C)c1.Cc1ccc(-c2ccc3ccccc3[n+]2C)c(C)c1.Cc1ccccc1-c1ccc2ccccc2[n+]1C. The van der Waals surface area contributed by atoms with Gasteiger partial charge >= 0.3 is 0 Å². The number of hydrogen-bond acceptors (Lipinski definition) is 0. The molecule has 5 heteroatoms. The highest BCUT2D eigenvalue weighted by Crippen LogP contribution is 2.32. The van der Waals surface area contributed by atoms with Crippen LogP contribution in [0.25, 0.3) is 111 Å². The molecule has 101 heavy (non-hydrogen) atoms. The summed E-state index contributed by atoms with van der Waals surface area (Å²) < 4.78 is 11.4. The molecule has 0 radical (unpaired) electrons. The van der Waals surface area contributed by atoms with Gasteiger partial charge in [0, 0.05) is 109 Å². The van der Waals surface area contributed by atoms with E-state index in [1.807, 2.05) is 0 Å². The summed E-state index contributed by atoms with van der Waals surface area (Å²) in [7, 11) is 10.7. The van der Waals surface area contributed by atoms with Crippen molar-refractivity contribution in [2.24, 2.45) is 41.2 Å². The van der Waals surface area contributed by atoms with Crippen LogP contribution in [-0.2, 0) is 41.7 Å². The quantitative estimate of drug-likeness (QED) is 0.142. The summed E-state index contributed by atoms with van der Waals surface area (Å²) in [6.07, 6.45) is 3.33. The average molecular weight is 1330 g/mol. The number of benzene rings is 10. The largest absolute Gasteiger partial charge is 0.213 e. The Morgan fingerprint density at radius 2 is 0.624 bits per heavy atom. The Hall–Kier alpha value is -10.8. The molecule has 10 aromatic carbocycles. The van der Waals surface area contributed by atoms with Gasteiger partial charge in [0.15, 0.2) is 6.20 Å². The van der Waals surface area contributed by atoms with Gasteiger partial charge in [0.05, 0.1) is 0 Å². The molecule has 15 aromatic rings. The van der Waals surface area contributed by atoms with E-state index < -0.39 is 0 Å². The Bertz CT molecular complexity index is 5510. The third-order valence-electron chi connectivity index (χ3n) is 20.5. The van der Waals surface area contributed by atoms with Gasteiger partial charge in [-0.15, -0.1) is 0 Å². The van der Waals surface area contributed by atoms with Gasteiger partial charge in [-0.2, -0.15) is 18.3 Å². The Morgan fingerprint density at radius 1 is 0.257 bits per heavy atom. The minimum absolute atomic E-state index is 0.669. The van der Waals surface area contributed by atoms with Crippen LogP contribution < -0.4 is 22.8 Å². The van der Waals surface area contributed by atoms with E-state index in [4.69, 9.17) is 0 Å². The molecule has 5 heterocycles. The van der Waals surface area contributed by atoms with Crippen molar-refractivity contribution in [2.45, 2.75) is 103 Å². The molecule has 0 amide bonds. The van der Waals surface area contributed by atoms with Crippen LogP contribution in [0.5, 0.6) is 0 Å². The number of aryl methyl sites for hydroxylation is 14. The maximum absolute atomic E-state index is 2.35. The molecule has 0 fully saturated rings. The van der Waals surface area contributed by atoms with Crippen LogP contribution in [0.1, 0.15) is 86.2 Å². The fourth-order valence-electron chi connectivity index (χ4n) is 14.7. The minimum atomic E-state index is 0.669. The fourth-order valence-corrected chi connectivity index (χ4v) is 14.7. The van der Waals surface area contributed by atoms with Crippen molar-refractivity contribution in [1.29, 1.82) is 0 Å². The van der Waals surface area contributed by atoms with E-state index in [0.717, 1.165) is 6.42 Å². The lowest BCUT2D eigenvalue weighted by Gasteiger charge is -2.12. The number of hydrogen-bond donors (Lipinski definition) is 0. The molecule has 0 atom stereocenters. The number of rotatable bonds is 7. The lowest BCUT2D eigenvalue weighted by Crippen LogP contribution is -2.32. The van der Waals surface area contributed by atoms with Gasteiger partial charge < -0.3 is 0 Å². The van der Waals surface area contributed by atoms with E-state index in [1.54, 1.807) is 0 Å². The average Bonchev–Trinajstić information content (AvgIpc) is 0.798. The van der Waals surface area contributed by atoms with Gasteiger partial charge in [-0.1, -0.05) is 151 Å². The van der Waals surface area contributed by atoms with Crippen LogP contribution in [0.4, 0.5) is 0 Å². The summed E-state index contributed by atoms with van der Waals surface area (Å²) in [4.78, 5) is 0. The summed E-state index contributed by atoms with van der Waals surface area (Å²) in [5, 5.41) is 7.77. The Kier molecular flexibility index (Phi) is 22.1. The second-order valence-corrected chi connectivity index (χ2v) is 28.5. The first-order valence-electron chi connectivity index (χ1n) is 35.8. The zero-order chi connectivity index (χ0) is 71.9. The molecule has 0 N–H and O–H groups in total. The summed E-state index contributed by atoms with van der Waals surface area (Å²) in [5.41, 5.74) is 35.6. The summed E-state index contributed by atoms with van der Waals surface area (Å²) in [6, 6.07) is 89.6. The Morgan fingerprint density at radius 3 is 1.08 bits per heavy atom. The molecule has 0 aliphatic rings. The first-order valence-corrected chi connectivity index (χ1v) is 35.8. The minimum Gasteiger partial charge on any atom is -0.200 e. The van der Waals surface area contributed by atoms with Crippen LogP contribution in [0, 0.1) is 89.0 Å². The maximum Gasteiger partial charge on any atom is 0.213 e.